The Morgan fingerprint density at radius 2 is 2.12 bits per heavy atom. The van der Waals surface area contributed by atoms with Crippen LogP contribution in [0, 0.1) is 0 Å². The second-order valence-electron chi connectivity index (χ2n) is 7.86. The first-order valence-electron chi connectivity index (χ1n) is 8.66. The van der Waals surface area contributed by atoms with Crippen LogP contribution in [0.15, 0.2) is 23.1 Å². The first-order chi connectivity index (χ1) is 11.8. The summed E-state index contributed by atoms with van der Waals surface area (Å²) in [6, 6.07) is 4.01. The fourth-order valence-electron chi connectivity index (χ4n) is 3.34. The second kappa shape index (κ2) is 5.56. The summed E-state index contributed by atoms with van der Waals surface area (Å²) in [5, 5.41) is 7.45. The van der Waals surface area contributed by atoms with Gasteiger partial charge < -0.3 is 0 Å². The lowest BCUT2D eigenvalue weighted by atomic mass is 9.93. The molecule has 4 heterocycles. The average Bonchev–Trinajstić information content (AvgIpc) is 3.15. The number of aromatic amines is 1. The molecule has 1 aliphatic heterocycles. The molecule has 0 aromatic carbocycles. The third kappa shape index (κ3) is 2.78. The molecule has 7 nitrogen and oxygen atoms in total. The lowest BCUT2D eigenvalue weighted by Crippen LogP contribution is -2.36. The molecule has 3 aromatic rings. The summed E-state index contributed by atoms with van der Waals surface area (Å²) < 4.78 is 3.47. The molecule has 132 valence electrons. The third-order valence-corrected chi connectivity index (χ3v) is 4.96. The van der Waals surface area contributed by atoms with Crippen molar-refractivity contribution in [3.05, 3.63) is 51.3 Å². The van der Waals surface area contributed by atoms with Crippen LogP contribution >= 0.6 is 0 Å². The lowest BCUT2D eigenvalue weighted by molar-refractivity contribution is 0.235. The van der Waals surface area contributed by atoms with E-state index in [4.69, 9.17) is 4.98 Å². The van der Waals surface area contributed by atoms with Crippen LogP contribution < -0.4 is 5.56 Å². The van der Waals surface area contributed by atoms with E-state index in [-0.39, 0.29) is 11.0 Å². The molecule has 7 heteroatoms. The van der Waals surface area contributed by atoms with Crippen LogP contribution in [0.2, 0.25) is 0 Å². The summed E-state index contributed by atoms with van der Waals surface area (Å²) in [6.07, 6.45) is 2.61. The van der Waals surface area contributed by atoms with Gasteiger partial charge in [0.15, 0.2) is 5.65 Å². The summed E-state index contributed by atoms with van der Waals surface area (Å²) in [5.41, 5.74) is 4.59. The summed E-state index contributed by atoms with van der Waals surface area (Å²) in [4.78, 5) is 20.0. The van der Waals surface area contributed by atoms with Crippen LogP contribution in [0.1, 0.15) is 43.4 Å². The van der Waals surface area contributed by atoms with Crippen molar-refractivity contribution in [3.8, 4) is 0 Å². The van der Waals surface area contributed by atoms with Gasteiger partial charge in [-0.15, -0.1) is 0 Å². The SMILES string of the molecule is Cn1nccc1CN1CCc2nc3cc(C(C)(C)C)[nH]n3c(=O)c2C1. The molecule has 0 unspecified atom stereocenters. The molecule has 0 saturated heterocycles. The van der Waals surface area contributed by atoms with Gasteiger partial charge in [-0.3, -0.25) is 19.5 Å². The minimum Gasteiger partial charge on any atom is -0.293 e. The first-order valence-corrected chi connectivity index (χ1v) is 8.66. The first kappa shape index (κ1) is 16.1. The van der Waals surface area contributed by atoms with Crippen molar-refractivity contribution in [1.29, 1.82) is 0 Å². The summed E-state index contributed by atoms with van der Waals surface area (Å²) >= 11 is 0. The highest BCUT2D eigenvalue weighted by Crippen LogP contribution is 2.22. The topological polar surface area (TPSA) is 71.2 Å². The highest BCUT2D eigenvalue weighted by Gasteiger charge is 2.24. The monoisotopic (exact) mass is 340 g/mol. The van der Waals surface area contributed by atoms with Gasteiger partial charge >= 0.3 is 0 Å². The van der Waals surface area contributed by atoms with Gasteiger partial charge in [0.05, 0.1) is 17.0 Å². The Morgan fingerprint density at radius 1 is 1.32 bits per heavy atom. The van der Waals surface area contributed by atoms with Crippen LogP contribution in [0.25, 0.3) is 5.65 Å². The highest BCUT2D eigenvalue weighted by atomic mass is 16.1. The van der Waals surface area contributed by atoms with Crippen molar-refractivity contribution in [2.45, 2.75) is 45.7 Å². The number of fused-ring (bicyclic) bond motifs is 2. The predicted octanol–water partition coefficient (Wildman–Crippen LogP) is 1.61. The second-order valence-corrected chi connectivity index (χ2v) is 7.86. The highest BCUT2D eigenvalue weighted by molar-refractivity contribution is 5.43. The molecule has 0 aliphatic carbocycles. The predicted molar refractivity (Wildman–Crippen MR) is 95.5 cm³/mol. The van der Waals surface area contributed by atoms with Crippen LogP contribution in [0.5, 0.6) is 0 Å². The minimum absolute atomic E-state index is 0.0187. The van der Waals surface area contributed by atoms with E-state index in [1.54, 1.807) is 10.7 Å². The van der Waals surface area contributed by atoms with Crippen molar-refractivity contribution >= 4 is 5.65 Å². The van der Waals surface area contributed by atoms with E-state index in [1.165, 1.54) is 0 Å². The Hall–Kier alpha value is -2.41. The van der Waals surface area contributed by atoms with E-state index in [0.717, 1.165) is 42.2 Å². The molecule has 0 amide bonds. The zero-order valence-corrected chi connectivity index (χ0v) is 15.2. The normalized spacial score (nSPS) is 15.7. The maximum Gasteiger partial charge on any atom is 0.277 e. The van der Waals surface area contributed by atoms with E-state index in [1.807, 2.05) is 23.9 Å². The Labute approximate surface area is 146 Å². The van der Waals surface area contributed by atoms with E-state index >= 15 is 0 Å². The van der Waals surface area contributed by atoms with Gasteiger partial charge in [-0.05, 0) is 6.07 Å². The zero-order valence-electron chi connectivity index (χ0n) is 15.2. The Morgan fingerprint density at radius 3 is 2.80 bits per heavy atom. The standard InChI is InChI=1S/C18H24N6O/c1-18(2,3)15-9-16-20-14-6-8-23(10-12-5-7-19-22(12)4)11-13(14)17(25)24(16)21-15/h5,7,9,21H,6,8,10-11H2,1-4H3. The molecule has 4 rings (SSSR count). The molecule has 3 aromatic heterocycles. The number of rotatable bonds is 2. The molecule has 1 N–H and O–H groups in total. The van der Waals surface area contributed by atoms with E-state index in [0.29, 0.717) is 12.2 Å². The Bertz CT molecular complexity index is 987. The van der Waals surface area contributed by atoms with Crippen molar-refractivity contribution in [2.24, 2.45) is 7.05 Å². The van der Waals surface area contributed by atoms with Crippen molar-refractivity contribution < 1.29 is 0 Å². The molecule has 0 saturated carbocycles. The number of hydrogen-bond acceptors (Lipinski definition) is 4. The van der Waals surface area contributed by atoms with Crippen LogP contribution in [-0.2, 0) is 32.0 Å². The van der Waals surface area contributed by atoms with Gasteiger partial charge in [-0.1, -0.05) is 20.8 Å². The fourth-order valence-corrected chi connectivity index (χ4v) is 3.34. The molecule has 0 spiro atoms. The average molecular weight is 340 g/mol. The van der Waals surface area contributed by atoms with Crippen LogP contribution in [-0.4, -0.2) is 35.8 Å². The zero-order chi connectivity index (χ0) is 17.8. The quantitative estimate of drug-likeness (QED) is 0.769. The summed E-state index contributed by atoms with van der Waals surface area (Å²) in [7, 11) is 1.94. The van der Waals surface area contributed by atoms with Gasteiger partial charge in [0.2, 0.25) is 0 Å². The smallest absolute Gasteiger partial charge is 0.277 e. The number of hydrogen-bond donors (Lipinski definition) is 1. The van der Waals surface area contributed by atoms with Crippen LogP contribution in [0.3, 0.4) is 0 Å². The van der Waals surface area contributed by atoms with Gasteiger partial charge in [-0.25, -0.2) is 9.50 Å². The molecule has 0 atom stereocenters. The summed E-state index contributed by atoms with van der Waals surface area (Å²) in [5.74, 6) is 0. The van der Waals surface area contributed by atoms with Crippen molar-refractivity contribution in [2.75, 3.05) is 6.54 Å². The molecular formula is C18H24N6O. The van der Waals surface area contributed by atoms with Gasteiger partial charge in [0.25, 0.3) is 5.56 Å². The van der Waals surface area contributed by atoms with Crippen LogP contribution in [0.4, 0.5) is 0 Å². The molecule has 0 bridgehead atoms. The number of nitrogens with one attached hydrogen (secondary N) is 1. The van der Waals surface area contributed by atoms with Gasteiger partial charge in [0, 0.05) is 56.5 Å². The number of aryl methyl sites for hydroxylation is 1. The fraction of sp³-hybridized carbons (Fsp3) is 0.500. The lowest BCUT2D eigenvalue weighted by Gasteiger charge is -2.27. The number of nitrogens with zero attached hydrogens (tertiary/aromatic N) is 5. The van der Waals surface area contributed by atoms with E-state index < -0.39 is 0 Å². The third-order valence-electron chi connectivity index (χ3n) is 4.96. The van der Waals surface area contributed by atoms with Crippen molar-refractivity contribution in [1.82, 2.24) is 29.3 Å². The molecule has 25 heavy (non-hydrogen) atoms. The largest absolute Gasteiger partial charge is 0.293 e. The Balaban J connectivity index is 1.70. The minimum atomic E-state index is -0.0494. The van der Waals surface area contributed by atoms with Crippen molar-refractivity contribution in [3.63, 3.8) is 0 Å². The molecule has 1 aliphatic rings. The molecule has 0 radical (unpaired) electrons. The summed E-state index contributed by atoms with van der Waals surface area (Å²) in [6.45, 7) is 8.68. The van der Waals surface area contributed by atoms with Gasteiger partial charge in [-0.2, -0.15) is 5.10 Å². The molecule has 0 fully saturated rings. The van der Waals surface area contributed by atoms with E-state index in [2.05, 4.69) is 35.9 Å². The maximum absolute atomic E-state index is 13.0. The maximum atomic E-state index is 13.0. The van der Waals surface area contributed by atoms with E-state index in [9.17, 15) is 4.79 Å². The van der Waals surface area contributed by atoms with Gasteiger partial charge in [0.1, 0.15) is 0 Å². The number of H-pyrrole nitrogens is 1. The Kier molecular flexibility index (Phi) is 3.57. The molecular weight excluding hydrogens is 316 g/mol. The number of aromatic nitrogens is 5.